The molecule has 6 heteroatoms. The average Bonchev–Trinajstić information content (AvgIpc) is 3.46. The van der Waals surface area contributed by atoms with Gasteiger partial charge in [-0.05, 0) is 48.2 Å². The summed E-state index contributed by atoms with van der Waals surface area (Å²) in [6, 6.07) is 25.4. The molecule has 3 aromatic carbocycles. The van der Waals surface area contributed by atoms with Crippen LogP contribution in [0.15, 0.2) is 78.9 Å². The van der Waals surface area contributed by atoms with Gasteiger partial charge in [0.05, 0.1) is 16.3 Å². The predicted octanol–water partition coefficient (Wildman–Crippen LogP) is 5.51. The smallest absolute Gasteiger partial charge is 0.320 e. The number of carboxylic acids is 1. The van der Waals surface area contributed by atoms with Crippen LogP contribution in [-0.4, -0.2) is 33.5 Å². The zero-order chi connectivity index (χ0) is 21.9. The maximum Gasteiger partial charge on any atom is 0.320 e. The van der Waals surface area contributed by atoms with Gasteiger partial charge in [-0.15, -0.1) is 11.3 Å². The molecule has 2 unspecified atom stereocenters. The summed E-state index contributed by atoms with van der Waals surface area (Å²) >= 11 is 1.63. The molecule has 162 valence electrons. The Labute approximate surface area is 190 Å². The SMILES string of the molecule is O=C(O)C1CCCN1C(c1cccc(OCc2ccccc2)c1)c1nc2ccccc2s1. The summed E-state index contributed by atoms with van der Waals surface area (Å²) in [6.07, 6.45) is 1.52. The normalized spacial score (nSPS) is 17.4. The Morgan fingerprint density at radius 2 is 1.91 bits per heavy atom. The fraction of sp³-hybridized carbons (Fsp3) is 0.231. The van der Waals surface area contributed by atoms with E-state index in [-0.39, 0.29) is 6.04 Å². The first kappa shape index (κ1) is 20.7. The number of rotatable bonds is 7. The third-order valence-corrected chi connectivity index (χ3v) is 6.97. The number of thiazole rings is 1. The molecular formula is C26H24N2O3S. The standard InChI is InChI=1S/C26H24N2O3S/c29-26(30)22-13-7-15-28(22)24(25-27-21-12-4-5-14-23(21)32-25)19-10-6-11-20(16-19)31-17-18-8-2-1-3-9-18/h1-6,8-12,14,16,22,24H,7,13,15,17H2,(H,29,30). The van der Waals surface area contributed by atoms with E-state index >= 15 is 0 Å². The second kappa shape index (κ2) is 9.10. The van der Waals surface area contributed by atoms with Crippen molar-refractivity contribution in [1.82, 2.24) is 9.88 Å². The lowest BCUT2D eigenvalue weighted by molar-refractivity contribution is -0.142. The van der Waals surface area contributed by atoms with Gasteiger partial charge in [0.25, 0.3) is 0 Å². The molecule has 2 heterocycles. The Morgan fingerprint density at radius 3 is 2.72 bits per heavy atom. The quantitative estimate of drug-likeness (QED) is 0.407. The number of benzene rings is 3. The predicted molar refractivity (Wildman–Crippen MR) is 126 cm³/mol. The Balaban J connectivity index is 1.51. The summed E-state index contributed by atoms with van der Waals surface area (Å²) in [7, 11) is 0. The van der Waals surface area contributed by atoms with Crippen molar-refractivity contribution >= 4 is 27.5 Å². The highest BCUT2D eigenvalue weighted by Gasteiger charge is 2.38. The molecule has 1 aliphatic rings. The minimum atomic E-state index is -0.773. The van der Waals surface area contributed by atoms with E-state index in [4.69, 9.17) is 9.72 Å². The van der Waals surface area contributed by atoms with E-state index in [1.54, 1.807) is 11.3 Å². The van der Waals surface area contributed by atoms with Crippen LogP contribution in [0.1, 0.15) is 35.0 Å². The van der Waals surface area contributed by atoms with Gasteiger partial charge in [-0.2, -0.15) is 0 Å². The van der Waals surface area contributed by atoms with Crippen molar-refractivity contribution in [3.8, 4) is 5.75 Å². The van der Waals surface area contributed by atoms with Crippen molar-refractivity contribution in [3.05, 3.63) is 95.0 Å². The highest BCUT2D eigenvalue weighted by molar-refractivity contribution is 7.18. The zero-order valence-corrected chi connectivity index (χ0v) is 18.4. The van der Waals surface area contributed by atoms with E-state index in [9.17, 15) is 9.90 Å². The van der Waals surface area contributed by atoms with Crippen LogP contribution in [0.3, 0.4) is 0 Å². The maximum absolute atomic E-state index is 12.0. The number of hydrogen-bond acceptors (Lipinski definition) is 5. The Kier molecular flexibility index (Phi) is 5.88. The van der Waals surface area contributed by atoms with E-state index < -0.39 is 12.0 Å². The van der Waals surface area contributed by atoms with Crippen molar-refractivity contribution < 1.29 is 14.6 Å². The molecule has 1 fully saturated rings. The summed E-state index contributed by atoms with van der Waals surface area (Å²) in [5.74, 6) is -0.00590. The van der Waals surface area contributed by atoms with Crippen molar-refractivity contribution in [2.75, 3.05) is 6.54 Å². The third kappa shape index (κ3) is 4.24. The number of nitrogens with zero attached hydrogens (tertiary/aromatic N) is 2. The lowest BCUT2D eigenvalue weighted by atomic mass is 10.0. The van der Waals surface area contributed by atoms with Crippen LogP contribution in [0, 0.1) is 0 Å². The van der Waals surface area contributed by atoms with E-state index in [0.717, 1.165) is 45.1 Å². The number of aromatic nitrogens is 1. The van der Waals surface area contributed by atoms with Crippen LogP contribution >= 0.6 is 11.3 Å². The topological polar surface area (TPSA) is 62.7 Å². The second-order valence-corrected chi connectivity index (χ2v) is 9.07. The number of likely N-dealkylation sites (tertiary alicyclic amines) is 1. The van der Waals surface area contributed by atoms with Gasteiger partial charge < -0.3 is 9.84 Å². The number of carboxylic acid groups (broad SMARTS) is 1. The molecule has 0 radical (unpaired) electrons. The van der Waals surface area contributed by atoms with Gasteiger partial charge in [0.1, 0.15) is 23.4 Å². The molecule has 5 nitrogen and oxygen atoms in total. The first-order chi connectivity index (χ1) is 15.7. The number of carbonyl (C=O) groups is 1. The Hall–Kier alpha value is -3.22. The monoisotopic (exact) mass is 444 g/mol. The first-order valence-corrected chi connectivity index (χ1v) is 11.6. The molecule has 0 bridgehead atoms. The summed E-state index contributed by atoms with van der Waals surface area (Å²) in [4.78, 5) is 19.0. The van der Waals surface area contributed by atoms with Crippen LogP contribution in [0.2, 0.25) is 0 Å². The van der Waals surface area contributed by atoms with E-state index in [1.807, 2.05) is 72.8 Å². The molecule has 0 aliphatic carbocycles. The minimum Gasteiger partial charge on any atom is -0.489 e. The molecule has 32 heavy (non-hydrogen) atoms. The van der Waals surface area contributed by atoms with Gasteiger partial charge in [-0.3, -0.25) is 9.69 Å². The highest BCUT2D eigenvalue weighted by atomic mass is 32.1. The molecule has 0 amide bonds. The molecule has 1 aliphatic heterocycles. The van der Waals surface area contributed by atoms with Gasteiger partial charge in [-0.25, -0.2) is 4.98 Å². The van der Waals surface area contributed by atoms with Crippen LogP contribution < -0.4 is 4.74 Å². The average molecular weight is 445 g/mol. The van der Waals surface area contributed by atoms with Gasteiger partial charge in [0.2, 0.25) is 0 Å². The fourth-order valence-corrected chi connectivity index (χ4v) is 5.48. The summed E-state index contributed by atoms with van der Waals surface area (Å²) in [5, 5.41) is 10.8. The van der Waals surface area contributed by atoms with E-state index in [1.165, 1.54) is 0 Å². The molecule has 1 N–H and O–H groups in total. The lowest BCUT2D eigenvalue weighted by Gasteiger charge is -2.30. The van der Waals surface area contributed by atoms with Crippen molar-refractivity contribution in [2.45, 2.75) is 31.5 Å². The number of aliphatic carboxylic acids is 1. The van der Waals surface area contributed by atoms with E-state index in [0.29, 0.717) is 13.0 Å². The molecule has 0 saturated carbocycles. The van der Waals surface area contributed by atoms with Gasteiger partial charge >= 0.3 is 5.97 Å². The molecule has 2 atom stereocenters. The largest absolute Gasteiger partial charge is 0.489 e. The van der Waals surface area contributed by atoms with Gasteiger partial charge in [0, 0.05) is 6.54 Å². The lowest BCUT2D eigenvalue weighted by Crippen LogP contribution is -2.39. The summed E-state index contributed by atoms with van der Waals surface area (Å²) in [5.41, 5.74) is 3.05. The van der Waals surface area contributed by atoms with Gasteiger partial charge in [0.15, 0.2) is 0 Å². The number of fused-ring (bicyclic) bond motifs is 1. The molecule has 1 aromatic heterocycles. The van der Waals surface area contributed by atoms with E-state index in [2.05, 4.69) is 11.0 Å². The molecule has 1 saturated heterocycles. The Morgan fingerprint density at radius 1 is 1.09 bits per heavy atom. The van der Waals surface area contributed by atoms with Crippen molar-refractivity contribution in [2.24, 2.45) is 0 Å². The van der Waals surface area contributed by atoms with Crippen molar-refractivity contribution in [1.29, 1.82) is 0 Å². The van der Waals surface area contributed by atoms with Crippen molar-refractivity contribution in [3.63, 3.8) is 0 Å². The number of ether oxygens (including phenoxy) is 1. The Bertz CT molecular complexity index is 1190. The molecular weight excluding hydrogens is 420 g/mol. The number of para-hydroxylation sites is 1. The first-order valence-electron chi connectivity index (χ1n) is 10.8. The zero-order valence-electron chi connectivity index (χ0n) is 17.6. The molecule has 5 rings (SSSR count). The third-order valence-electron chi connectivity index (χ3n) is 5.88. The maximum atomic E-state index is 12.0. The van der Waals surface area contributed by atoms with Crippen LogP contribution in [0.4, 0.5) is 0 Å². The van der Waals surface area contributed by atoms with Crippen LogP contribution in [0.25, 0.3) is 10.2 Å². The minimum absolute atomic E-state index is 0.226. The van der Waals surface area contributed by atoms with Gasteiger partial charge in [-0.1, -0.05) is 54.6 Å². The number of hydrogen-bond donors (Lipinski definition) is 1. The van der Waals surface area contributed by atoms with Crippen LogP contribution in [-0.2, 0) is 11.4 Å². The highest BCUT2D eigenvalue weighted by Crippen LogP contribution is 2.39. The fourth-order valence-electron chi connectivity index (χ4n) is 4.36. The second-order valence-electron chi connectivity index (χ2n) is 8.00. The molecule has 4 aromatic rings. The molecule has 0 spiro atoms. The summed E-state index contributed by atoms with van der Waals surface area (Å²) < 4.78 is 7.17. The van der Waals surface area contributed by atoms with Crippen LogP contribution in [0.5, 0.6) is 5.75 Å². The summed E-state index contributed by atoms with van der Waals surface area (Å²) in [6.45, 7) is 1.21.